The van der Waals surface area contributed by atoms with Crippen LogP contribution in [0.4, 0.5) is 0 Å². The second kappa shape index (κ2) is 22.7. The number of hydrogen-bond donors (Lipinski definition) is 0. The molecular weight excluding hydrogens is 436 g/mol. The molecule has 0 aromatic rings. The Morgan fingerprint density at radius 2 is 1.00 bits per heavy atom. The lowest BCUT2D eigenvalue weighted by atomic mass is 9.95. The molecule has 0 aromatic heterocycles. The summed E-state index contributed by atoms with van der Waals surface area (Å²) in [5.41, 5.74) is -0.459. The molecule has 0 aliphatic carbocycles. The third kappa shape index (κ3) is 17.6. The normalized spacial score (nSPS) is 16.6. The second-order valence-corrected chi connectivity index (χ2v) is 11.1. The molecule has 1 fully saturated rings. The lowest BCUT2D eigenvalue weighted by Crippen LogP contribution is -2.49. The molecule has 0 aromatic carbocycles. The molecule has 0 N–H and O–H groups in total. The maximum atomic E-state index is 11.6. The van der Waals surface area contributed by atoms with Crippen molar-refractivity contribution in [2.75, 3.05) is 19.8 Å². The highest BCUT2D eigenvalue weighted by atomic mass is 16.7. The highest BCUT2D eigenvalue weighted by Crippen LogP contribution is 2.29. The maximum absolute atomic E-state index is 11.6. The first-order valence-electron chi connectivity index (χ1n) is 15.5. The van der Waals surface area contributed by atoms with Gasteiger partial charge in [-0.25, -0.2) is 0 Å². The van der Waals surface area contributed by atoms with E-state index in [1.165, 1.54) is 122 Å². The molecule has 1 rings (SSSR count). The van der Waals surface area contributed by atoms with Gasteiger partial charge in [0, 0.05) is 6.61 Å². The van der Waals surface area contributed by atoms with Crippen molar-refractivity contribution in [1.29, 1.82) is 0 Å². The first kappa shape index (κ1) is 32.6. The van der Waals surface area contributed by atoms with Crippen LogP contribution >= 0.6 is 0 Å². The van der Waals surface area contributed by atoms with Crippen molar-refractivity contribution in [2.45, 2.75) is 174 Å². The number of Topliss-reactive ketones (excluding diaryl/α,β-unsaturated/α-hetero) is 1. The van der Waals surface area contributed by atoms with Gasteiger partial charge in [0.05, 0.1) is 0 Å². The Bertz CT molecular complexity index is 471. The molecule has 1 atom stereocenters. The summed E-state index contributed by atoms with van der Waals surface area (Å²) in [7, 11) is 0. The summed E-state index contributed by atoms with van der Waals surface area (Å²) in [6.07, 6.45) is 28.5. The summed E-state index contributed by atoms with van der Waals surface area (Å²) < 4.78 is 17.9. The fourth-order valence-electron chi connectivity index (χ4n) is 5.07. The molecule has 4 heteroatoms. The van der Waals surface area contributed by atoms with Crippen LogP contribution in [0, 0.1) is 0 Å². The zero-order valence-corrected chi connectivity index (χ0v) is 23.9. The number of rotatable bonds is 25. The van der Waals surface area contributed by atoms with Crippen molar-refractivity contribution in [3.8, 4) is 0 Å². The minimum atomic E-state index is -0.459. The molecule has 208 valence electrons. The summed E-state index contributed by atoms with van der Waals surface area (Å²) >= 11 is 0. The van der Waals surface area contributed by atoms with E-state index < -0.39 is 11.9 Å². The third-order valence-electron chi connectivity index (χ3n) is 7.50. The van der Waals surface area contributed by atoms with E-state index >= 15 is 0 Å². The number of unbranched alkanes of at least 4 members (excludes halogenated alkanes) is 19. The largest absolute Gasteiger partial charge is 0.370 e. The van der Waals surface area contributed by atoms with Crippen LogP contribution in [0.15, 0.2) is 0 Å². The number of carbonyl (C=O) groups is 1. The predicted octanol–water partition coefficient (Wildman–Crippen LogP) is 9.33. The summed E-state index contributed by atoms with van der Waals surface area (Å²) in [4.78, 5) is 11.6. The third-order valence-corrected chi connectivity index (χ3v) is 7.50. The van der Waals surface area contributed by atoms with Gasteiger partial charge in [-0.15, -0.1) is 0 Å². The quantitative estimate of drug-likeness (QED) is 0.118. The van der Waals surface area contributed by atoms with E-state index in [0.717, 1.165) is 25.9 Å². The van der Waals surface area contributed by atoms with Gasteiger partial charge in [-0.1, -0.05) is 142 Å². The van der Waals surface area contributed by atoms with Crippen molar-refractivity contribution in [3.05, 3.63) is 0 Å². The van der Waals surface area contributed by atoms with E-state index in [1.54, 1.807) is 0 Å². The minimum Gasteiger partial charge on any atom is -0.370 e. The molecule has 35 heavy (non-hydrogen) atoms. The zero-order chi connectivity index (χ0) is 25.5. The van der Waals surface area contributed by atoms with Crippen molar-refractivity contribution in [1.82, 2.24) is 0 Å². The average molecular weight is 497 g/mol. The van der Waals surface area contributed by atoms with Gasteiger partial charge in [0.15, 0.2) is 12.1 Å². The van der Waals surface area contributed by atoms with E-state index in [9.17, 15) is 4.79 Å². The Hall–Kier alpha value is -0.450. The van der Waals surface area contributed by atoms with Crippen LogP contribution in [0.25, 0.3) is 0 Å². The van der Waals surface area contributed by atoms with Crippen LogP contribution in [0.5, 0.6) is 0 Å². The van der Waals surface area contributed by atoms with Gasteiger partial charge in [-0.2, -0.15) is 0 Å². The average Bonchev–Trinajstić information content (AvgIpc) is 2.86. The van der Waals surface area contributed by atoms with E-state index in [0.29, 0.717) is 0 Å². The van der Waals surface area contributed by atoms with Gasteiger partial charge in [0.1, 0.15) is 18.8 Å². The van der Waals surface area contributed by atoms with Gasteiger partial charge in [-0.3, -0.25) is 4.79 Å². The van der Waals surface area contributed by atoms with Crippen LogP contribution < -0.4 is 0 Å². The Balaban J connectivity index is 2.16. The molecule has 0 amide bonds. The standard InChI is InChI=1S/C31H60O4/c1-4-6-8-10-12-14-15-16-18-20-22-24-26-35-31(3,30-33-27-29(32)28-34-30)25-23-21-19-17-13-11-9-7-5-2/h30H,4-28H2,1-3H3. The van der Waals surface area contributed by atoms with Gasteiger partial charge < -0.3 is 14.2 Å². The summed E-state index contributed by atoms with van der Waals surface area (Å²) in [5.74, 6) is 0.0210. The first-order chi connectivity index (χ1) is 17.1. The fourth-order valence-corrected chi connectivity index (χ4v) is 5.07. The second-order valence-electron chi connectivity index (χ2n) is 11.1. The molecule has 0 saturated carbocycles. The summed E-state index contributed by atoms with van der Waals surface area (Å²) in [6.45, 7) is 7.73. The van der Waals surface area contributed by atoms with Crippen molar-refractivity contribution < 1.29 is 19.0 Å². The van der Waals surface area contributed by atoms with Crippen LogP contribution in [-0.4, -0.2) is 37.5 Å². The SMILES string of the molecule is CCCCCCCCCCCCCCOC(C)(CCCCCCCCCCC)C1OCC(=O)CO1. The van der Waals surface area contributed by atoms with E-state index in [2.05, 4.69) is 20.8 Å². The van der Waals surface area contributed by atoms with Gasteiger partial charge in [-0.05, 0) is 19.8 Å². The Morgan fingerprint density at radius 3 is 1.43 bits per heavy atom. The highest BCUT2D eigenvalue weighted by Gasteiger charge is 2.39. The van der Waals surface area contributed by atoms with E-state index in [4.69, 9.17) is 14.2 Å². The smallest absolute Gasteiger partial charge is 0.187 e. The van der Waals surface area contributed by atoms with Crippen LogP contribution in [0.2, 0.25) is 0 Å². The van der Waals surface area contributed by atoms with Crippen molar-refractivity contribution in [2.24, 2.45) is 0 Å². The molecule has 1 heterocycles. The Kier molecular flexibility index (Phi) is 21.2. The molecule has 4 nitrogen and oxygen atoms in total. The molecule has 0 spiro atoms. The number of hydrogen-bond acceptors (Lipinski definition) is 4. The Morgan fingerprint density at radius 1 is 0.629 bits per heavy atom. The molecule has 1 aliphatic heterocycles. The fraction of sp³-hybridized carbons (Fsp3) is 0.968. The molecule has 0 radical (unpaired) electrons. The van der Waals surface area contributed by atoms with Gasteiger partial charge in [0.25, 0.3) is 0 Å². The van der Waals surface area contributed by atoms with Crippen molar-refractivity contribution in [3.63, 3.8) is 0 Å². The van der Waals surface area contributed by atoms with Crippen LogP contribution in [-0.2, 0) is 19.0 Å². The number of carbonyl (C=O) groups excluding carboxylic acids is 1. The number of ketones is 1. The van der Waals surface area contributed by atoms with Crippen molar-refractivity contribution >= 4 is 5.78 Å². The monoisotopic (exact) mass is 496 g/mol. The van der Waals surface area contributed by atoms with E-state index in [1.807, 2.05) is 0 Å². The van der Waals surface area contributed by atoms with Gasteiger partial charge >= 0.3 is 0 Å². The molecule has 1 saturated heterocycles. The molecule has 0 bridgehead atoms. The van der Waals surface area contributed by atoms with Gasteiger partial charge in [0.2, 0.25) is 0 Å². The minimum absolute atomic E-state index is 0.0210. The highest BCUT2D eigenvalue weighted by molar-refractivity contribution is 5.81. The molecule has 1 unspecified atom stereocenters. The summed E-state index contributed by atoms with van der Waals surface area (Å²) in [5, 5.41) is 0. The zero-order valence-electron chi connectivity index (χ0n) is 23.9. The lowest BCUT2D eigenvalue weighted by molar-refractivity contribution is -0.262. The van der Waals surface area contributed by atoms with E-state index in [-0.39, 0.29) is 19.0 Å². The Labute approximate surface area is 218 Å². The topological polar surface area (TPSA) is 44.8 Å². The summed E-state index contributed by atoms with van der Waals surface area (Å²) in [6, 6.07) is 0. The lowest BCUT2D eigenvalue weighted by Gasteiger charge is -2.38. The molecule has 1 aliphatic rings. The predicted molar refractivity (Wildman–Crippen MR) is 148 cm³/mol. The van der Waals surface area contributed by atoms with Crippen LogP contribution in [0.3, 0.4) is 0 Å². The number of ether oxygens (including phenoxy) is 3. The molecular formula is C31H60O4. The first-order valence-corrected chi connectivity index (χ1v) is 15.5. The maximum Gasteiger partial charge on any atom is 0.187 e. The van der Waals surface area contributed by atoms with Crippen LogP contribution in [0.1, 0.15) is 162 Å².